The fourth-order valence-electron chi connectivity index (χ4n) is 1.53. The van der Waals surface area contributed by atoms with Crippen LogP contribution in [0, 0.1) is 4.91 Å². The van der Waals surface area contributed by atoms with Crippen LogP contribution in [0.15, 0.2) is 5.29 Å². The number of carbonyl (C=O) groups excluding carboxylic acids is 1. The van der Waals surface area contributed by atoms with Crippen LogP contribution in [0.3, 0.4) is 0 Å². The highest BCUT2D eigenvalue weighted by atomic mass is 16.6. The molecule has 1 rings (SSSR count). The third-order valence-corrected chi connectivity index (χ3v) is 2.61. The summed E-state index contributed by atoms with van der Waals surface area (Å²) in [6.45, 7) is -0.605. The number of urea groups is 1. The molecule has 10 nitrogen and oxygen atoms in total. The minimum Gasteiger partial charge on any atom is -0.394 e. The Balaban J connectivity index is 2.71. The van der Waals surface area contributed by atoms with Crippen molar-refractivity contribution in [1.29, 1.82) is 0 Å². The molecule has 1 aliphatic rings. The largest absolute Gasteiger partial charge is 0.394 e. The van der Waals surface area contributed by atoms with Crippen molar-refractivity contribution < 1.29 is 30.0 Å². The van der Waals surface area contributed by atoms with Gasteiger partial charge in [0.15, 0.2) is 6.29 Å². The molecule has 0 radical (unpaired) electrons. The Morgan fingerprint density at radius 2 is 2.00 bits per heavy atom. The van der Waals surface area contributed by atoms with Gasteiger partial charge in [0.25, 0.3) is 0 Å². The van der Waals surface area contributed by atoms with E-state index in [4.69, 9.17) is 9.84 Å². The fourth-order valence-corrected chi connectivity index (χ4v) is 1.53. The molecule has 18 heavy (non-hydrogen) atoms. The number of rotatable bonds is 3. The molecule has 1 aliphatic heterocycles. The van der Waals surface area contributed by atoms with Crippen LogP contribution >= 0.6 is 0 Å². The highest BCUT2D eigenvalue weighted by molar-refractivity contribution is 5.73. The van der Waals surface area contributed by atoms with Gasteiger partial charge in [0.2, 0.25) is 0 Å². The number of hydrogen-bond acceptors (Lipinski definition) is 8. The van der Waals surface area contributed by atoms with Crippen LogP contribution in [0.1, 0.15) is 0 Å². The Kier molecular flexibility index (Phi) is 4.93. The van der Waals surface area contributed by atoms with E-state index >= 15 is 0 Å². The summed E-state index contributed by atoms with van der Waals surface area (Å²) in [5, 5.41) is 42.4. The molecule has 1 heterocycles. The first-order valence-corrected chi connectivity index (χ1v) is 5.10. The van der Waals surface area contributed by atoms with Crippen LogP contribution in [0.2, 0.25) is 0 Å². The molecule has 104 valence electrons. The molecule has 0 saturated carbocycles. The number of aliphatic hydroxyl groups excluding tert-OH is 4. The molecule has 1 saturated heterocycles. The summed E-state index contributed by atoms with van der Waals surface area (Å²) in [5.74, 6) is 0. The zero-order valence-electron chi connectivity index (χ0n) is 9.50. The molecular weight excluding hydrogens is 250 g/mol. The predicted octanol–water partition coefficient (Wildman–Crippen LogP) is -2.89. The maximum atomic E-state index is 11.3. The monoisotopic (exact) mass is 265 g/mol. The lowest BCUT2D eigenvalue weighted by atomic mass is 9.97. The van der Waals surface area contributed by atoms with Gasteiger partial charge >= 0.3 is 6.03 Å². The van der Waals surface area contributed by atoms with Gasteiger partial charge in [-0.3, -0.25) is 0 Å². The van der Waals surface area contributed by atoms with E-state index in [9.17, 15) is 25.0 Å². The molecule has 10 heteroatoms. The van der Waals surface area contributed by atoms with Crippen LogP contribution in [0.25, 0.3) is 0 Å². The third-order valence-electron chi connectivity index (χ3n) is 2.61. The lowest BCUT2D eigenvalue weighted by Gasteiger charge is -2.40. The van der Waals surface area contributed by atoms with Gasteiger partial charge in [0.1, 0.15) is 24.4 Å². The highest BCUT2D eigenvalue weighted by Gasteiger charge is 2.44. The molecule has 0 aromatic rings. The summed E-state index contributed by atoms with van der Waals surface area (Å²) in [4.78, 5) is 21.4. The average Bonchev–Trinajstić information content (AvgIpc) is 2.37. The molecule has 0 aliphatic carbocycles. The molecule has 1 fully saturated rings. The molecule has 2 amide bonds. The van der Waals surface area contributed by atoms with Gasteiger partial charge in [-0.25, -0.2) is 4.79 Å². The smallest absolute Gasteiger partial charge is 0.340 e. The van der Waals surface area contributed by atoms with Crippen molar-refractivity contribution in [3.8, 4) is 0 Å². The highest BCUT2D eigenvalue weighted by Crippen LogP contribution is 2.19. The van der Waals surface area contributed by atoms with Gasteiger partial charge in [-0.2, -0.15) is 5.01 Å². The van der Waals surface area contributed by atoms with E-state index in [0.717, 1.165) is 7.05 Å². The number of aliphatic hydroxyl groups is 4. The van der Waals surface area contributed by atoms with Crippen LogP contribution in [-0.2, 0) is 4.74 Å². The van der Waals surface area contributed by atoms with Crippen molar-refractivity contribution in [2.75, 3.05) is 13.7 Å². The fraction of sp³-hybridized carbons (Fsp3) is 0.875. The Bertz CT molecular complexity index is 315. The Morgan fingerprint density at radius 3 is 2.50 bits per heavy atom. The quantitative estimate of drug-likeness (QED) is 0.271. The second kappa shape index (κ2) is 6.02. The van der Waals surface area contributed by atoms with Gasteiger partial charge in [-0.15, -0.1) is 4.91 Å². The third kappa shape index (κ3) is 2.91. The molecule has 5 atom stereocenters. The SMILES string of the molecule is CN(N=O)C(=O)N[C@H]1C(O)OC(CO)[C@@H](O)[C@H]1O. The summed E-state index contributed by atoms with van der Waals surface area (Å²) >= 11 is 0. The first-order valence-electron chi connectivity index (χ1n) is 5.10. The normalized spacial score (nSPS) is 35.9. The average molecular weight is 265 g/mol. The zero-order valence-corrected chi connectivity index (χ0v) is 9.50. The van der Waals surface area contributed by atoms with E-state index in [1.807, 2.05) is 0 Å². The maximum absolute atomic E-state index is 11.3. The lowest BCUT2D eigenvalue weighted by molar-refractivity contribution is -0.252. The molecule has 2 unspecified atom stereocenters. The van der Waals surface area contributed by atoms with Crippen LogP contribution in [0.4, 0.5) is 4.79 Å². The second-order valence-electron chi connectivity index (χ2n) is 3.81. The number of nitroso groups, excluding NO2 is 1. The van der Waals surface area contributed by atoms with E-state index < -0.39 is 43.3 Å². The Labute approximate surface area is 102 Å². The minimum atomic E-state index is -1.63. The van der Waals surface area contributed by atoms with E-state index in [1.165, 1.54) is 0 Å². The topological polar surface area (TPSA) is 152 Å². The van der Waals surface area contributed by atoms with Crippen LogP contribution < -0.4 is 5.32 Å². The number of amides is 2. The van der Waals surface area contributed by atoms with Crippen molar-refractivity contribution in [1.82, 2.24) is 10.3 Å². The molecular formula is C8H15N3O7. The number of ether oxygens (including phenoxy) is 1. The Morgan fingerprint density at radius 1 is 1.39 bits per heavy atom. The van der Waals surface area contributed by atoms with E-state index in [-0.39, 0.29) is 0 Å². The second-order valence-corrected chi connectivity index (χ2v) is 3.81. The molecule has 0 spiro atoms. The molecule has 0 aromatic carbocycles. The molecule has 0 aromatic heterocycles. The number of nitrogens with one attached hydrogen (secondary N) is 1. The Hall–Kier alpha value is -1.33. The van der Waals surface area contributed by atoms with Crippen molar-refractivity contribution in [3.63, 3.8) is 0 Å². The van der Waals surface area contributed by atoms with Gasteiger partial charge in [-0.1, -0.05) is 0 Å². The number of hydrogen-bond donors (Lipinski definition) is 5. The van der Waals surface area contributed by atoms with Crippen molar-refractivity contribution in [2.24, 2.45) is 5.29 Å². The first kappa shape index (κ1) is 14.7. The number of carbonyl (C=O) groups is 1. The maximum Gasteiger partial charge on any atom is 0.340 e. The molecule has 0 bridgehead atoms. The van der Waals surface area contributed by atoms with Crippen molar-refractivity contribution in [2.45, 2.75) is 30.6 Å². The molecule has 5 N–H and O–H groups in total. The number of nitrogens with zero attached hydrogens (tertiary/aromatic N) is 2. The summed E-state index contributed by atoms with van der Waals surface area (Å²) in [7, 11) is 1.07. The van der Waals surface area contributed by atoms with Gasteiger partial charge < -0.3 is 30.5 Å². The van der Waals surface area contributed by atoms with Crippen molar-refractivity contribution >= 4 is 6.03 Å². The lowest BCUT2D eigenvalue weighted by Crippen LogP contribution is -2.64. The summed E-state index contributed by atoms with van der Waals surface area (Å²) in [6.07, 6.45) is -5.84. The van der Waals surface area contributed by atoms with E-state index in [2.05, 4.69) is 10.6 Å². The zero-order chi connectivity index (χ0) is 13.9. The summed E-state index contributed by atoms with van der Waals surface area (Å²) < 4.78 is 4.80. The van der Waals surface area contributed by atoms with Gasteiger partial charge in [0, 0.05) is 7.05 Å². The minimum absolute atomic E-state index is 0.407. The first-order chi connectivity index (χ1) is 8.42. The van der Waals surface area contributed by atoms with Gasteiger partial charge in [-0.05, 0) is 0 Å². The predicted molar refractivity (Wildman–Crippen MR) is 55.9 cm³/mol. The standard InChI is InChI=1S/C8H15N3O7/c1-11(10-17)8(16)9-4-6(14)5(13)3(2-12)18-7(4)15/h3-7,12-15H,2H2,1H3,(H,9,16)/t3?,4-,5-,6+,7?/m1/s1. The van der Waals surface area contributed by atoms with E-state index in [1.54, 1.807) is 0 Å². The van der Waals surface area contributed by atoms with E-state index in [0.29, 0.717) is 5.01 Å². The van der Waals surface area contributed by atoms with Crippen LogP contribution in [-0.4, -0.2) is 75.8 Å². The van der Waals surface area contributed by atoms with Gasteiger partial charge in [0.05, 0.1) is 11.9 Å². The van der Waals surface area contributed by atoms with Crippen molar-refractivity contribution in [3.05, 3.63) is 4.91 Å². The van der Waals surface area contributed by atoms with Crippen LogP contribution in [0.5, 0.6) is 0 Å². The summed E-state index contributed by atoms with van der Waals surface area (Å²) in [6, 6.07) is -2.33. The summed E-state index contributed by atoms with van der Waals surface area (Å²) in [5.41, 5.74) is 0.